The zero-order valence-electron chi connectivity index (χ0n) is 12.6. The van der Waals surface area contributed by atoms with Crippen LogP contribution in [0.25, 0.3) is 0 Å². The van der Waals surface area contributed by atoms with Crippen molar-refractivity contribution in [2.24, 2.45) is 0 Å². The van der Waals surface area contributed by atoms with Gasteiger partial charge in [0.1, 0.15) is 0 Å². The zero-order valence-corrected chi connectivity index (χ0v) is 12.6. The molecule has 124 valence electrons. The Hall–Kier alpha value is -1.67. The molecule has 2 rings (SSSR count). The third-order valence-corrected chi connectivity index (χ3v) is 3.66. The van der Waals surface area contributed by atoms with Crippen LogP contribution in [0.5, 0.6) is 0 Å². The lowest BCUT2D eigenvalue weighted by molar-refractivity contribution is -0.139. The Balaban J connectivity index is 1.44. The summed E-state index contributed by atoms with van der Waals surface area (Å²) in [7, 11) is 0. The average molecular weight is 313 g/mol. The molecule has 2 fully saturated rings. The van der Waals surface area contributed by atoms with Gasteiger partial charge >= 0.3 is 6.03 Å². The van der Waals surface area contributed by atoms with E-state index in [4.69, 9.17) is 9.47 Å². The standard InChI is InChI=1S/C14H23N3O5/c18-12-3-4-13(19)17(12)6-9-21-8-5-15-14(20)16-10-11-2-1-7-22-11/h11H,1-10H2,(H2,15,16,20)/t11-/m0/s1. The number of hydrogen-bond acceptors (Lipinski definition) is 5. The van der Waals surface area contributed by atoms with E-state index in [-0.39, 0.29) is 37.1 Å². The van der Waals surface area contributed by atoms with E-state index in [9.17, 15) is 14.4 Å². The Bertz CT molecular complexity index is 393. The normalized spacial score (nSPS) is 21.5. The second-order valence-electron chi connectivity index (χ2n) is 5.32. The lowest BCUT2D eigenvalue weighted by atomic mass is 10.2. The average Bonchev–Trinajstić information content (AvgIpc) is 3.12. The molecule has 2 saturated heterocycles. The smallest absolute Gasteiger partial charge is 0.314 e. The molecule has 8 nitrogen and oxygen atoms in total. The molecule has 0 spiro atoms. The Morgan fingerprint density at radius 3 is 2.68 bits per heavy atom. The second-order valence-corrected chi connectivity index (χ2v) is 5.32. The molecule has 2 aliphatic heterocycles. The van der Waals surface area contributed by atoms with Crippen LogP contribution in [0.2, 0.25) is 0 Å². The van der Waals surface area contributed by atoms with E-state index in [0.29, 0.717) is 32.5 Å². The molecular weight excluding hydrogens is 290 g/mol. The summed E-state index contributed by atoms with van der Waals surface area (Å²) in [5.41, 5.74) is 0. The van der Waals surface area contributed by atoms with Crippen molar-refractivity contribution in [3.05, 3.63) is 0 Å². The summed E-state index contributed by atoms with van der Waals surface area (Å²) in [6.07, 6.45) is 2.75. The highest BCUT2D eigenvalue weighted by atomic mass is 16.5. The fraction of sp³-hybridized carbons (Fsp3) is 0.786. The van der Waals surface area contributed by atoms with Crippen molar-refractivity contribution in [1.29, 1.82) is 0 Å². The first-order chi connectivity index (χ1) is 10.7. The first-order valence-corrected chi connectivity index (χ1v) is 7.71. The van der Waals surface area contributed by atoms with Crippen LogP contribution in [0, 0.1) is 0 Å². The van der Waals surface area contributed by atoms with Crippen LogP contribution in [0.1, 0.15) is 25.7 Å². The number of imide groups is 1. The second kappa shape index (κ2) is 8.70. The minimum Gasteiger partial charge on any atom is -0.378 e. The Kier molecular flexibility index (Phi) is 6.60. The van der Waals surface area contributed by atoms with E-state index in [1.807, 2.05) is 0 Å². The molecule has 4 amide bonds. The number of rotatable bonds is 8. The number of ether oxygens (including phenoxy) is 2. The molecule has 1 atom stereocenters. The Morgan fingerprint density at radius 2 is 2.00 bits per heavy atom. The summed E-state index contributed by atoms with van der Waals surface area (Å²) in [6.45, 7) is 2.57. The summed E-state index contributed by atoms with van der Waals surface area (Å²) >= 11 is 0. The van der Waals surface area contributed by atoms with Crippen molar-refractivity contribution in [2.75, 3.05) is 39.5 Å². The molecule has 8 heteroatoms. The predicted octanol–water partition coefficient (Wildman–Crippen LogP) is -0.370. The number of urea groups is 1. The molecule has 0 aromatic heterocycles. The largest absolute Gasteiger partial charge is 0.378 e. The van der Waals surface area contributed by atoms with Crippen molar-refractivity contribution >= 4 is 17.8 Å². The van der Waals surface area contributed by atoms with E-state index >= 15 is 0 Å². The number of carbonyl (C=O) groups is 3. The van der Waals surface area contributed by atoms with Gasteiger partial charge in [0.25, 0.3) is 0 Å². The summed E-state index contributed by atoms with van der Waals surface area (Å²) in [5, 5.41) is 5.42. The van der Waals surface area contributed by atoms with Gasteiger partial charge in [-0.15, -0.1) is 0 Å². The maximum absolute atomic E-state index is 11.5. The summed E-state index contributed by atoms with van der Waals surface area (Å²) < 4.78 is 10.7. The van der Waals surface area contributed by atoms with Crippen LogP contribution in [-0.2, 0) is 19.1 Å². The topological polar surface area (TPSA) is 97.0 Å². The molecule has 0 aromatic rings. The fourth-order valence-electron chi connectivity index (χ4n) is 2.44. The van der Waals surface area contributed by atoms with Gasteiger partial charge in [-0.1, -0.05) is 0 Å². The lowest BCUT2D eigenvalue weighted by Gasteiger charge is -2.14. The lowest BCUT2D eigenvalue weighted by Crippen LogP contribution is -2.41. The Labute approximate surface area is 129 Å². The van der Waals surface area contributed by atoms with E-state index in [0.717, 1.165) is 19.4 Å². The molecule has 0 saturated carbocycles. The summed E-state index contributed by atoms with van der Waals surface area (Å²) in [6, 6.07) is -0.246. The van der Waals surface area contributed by atoms with Crippen molar-refractivity contribution in [2.45, 2.75) is 31.8 Å². The number of amides is 4. The minimum atomic E-state index is -0.246. The quantitative estimate of drug-likeness (QED) is 0.471. The van der Waals surface area contributed by atoms with Gasteiger partial charge in [0.15, 0.2) is 0 Å². The van der Waals surface area contributed by atoms with Gasteiger partial charge in [0.2, 0.25) is 11.8 Å². The fourth-order valence-corrected chi connectivity index (χ4v) is 2.44. The highest BCUT2D eigenvalue weighted by molar-refractivity contribution is 6.01. The number of hydrogen-bond donors (Lipinski definition) is 2. The van der Waals surface area contributed by atoms with Crippen molar-refractivity contribution in [3.63, 3.8) is 0 Å². The van der Waals surface area contributed by atoms with Crippen LogP contribution in [-0.4, -0.2) is 68.3 Å². The first-order valence-electron chi connectivity index (χ1n) is 7.71. The molecule has 2 heterocycles. The summed E-state index contributed by atoms with van der Waals surface area (Å²) in [5.74, 6) is -0.277. The molecule has 2 aliphatic rings. The van der Waals surface area contributed by atoms with Crippen LogP contribution in [0.15, 0.2) is 0 Å². The van der Waals surface area contributed by atoms with Gasteiger partial charge in [-0.3, -0.25) is 14.5 Å². The number of likely N-dealkylation sites (tertiary alicyclic amines) is 1. The highest BCUT2D eigenvalue weighted by Crippen LogP contribution is 2.11. The monoisotopic (exact) mass is 313 g/mol. The molecule has 0 aromatic carbocycles. The van der Waals surface area contributed by atoms with Crippen molar-refractivity contribution in [3.8, 4) is 0 Å². The molecule has 2 N–H and O–H groups in total. The molecule has 0 unspecified atom stereocenters. The van der Waals surface area contributed by atoms with Crippen LogP contribution in [0.4, 0.5) is 4.79 Å². The number of carbonyl (C=O) groups excluding carboxylic acids is 3. The van der Waals surface area contributed by atoms with Gasteiger partial charge < -0.3 is 20.1 Å². The molecule has 0 radical (unpaired) electrons. The first kappa shape index (κ1) is 16.7. The zero-order chi connectivity index (χ0) is 15.8. The third-order valence-electron chi connectivity index (χ3n) is 3.66. The predicted molar refractivity (Wildman–Crippen MR) is 77.1 cm³/mol. The SMILES string of the molecule is O=C(NCCOCCN1C(=O)CCC1=O)NC[C@@H]1CCCO1. The number of nitrogens with one attached hydrogen (secondary N) is 2. The third kappa shape index (κ3) is 5.27. The van der Waals surface area contributed by atoms with Crippen LogP contribution >= 0.6 is 0 Å². The summed E-state index contributed by atoms with van der Waals surface area (Å²) in [4.78, 5) is 35.4. The number of nitrogens with zero attached hydrogens (tertiary/aromatic N) is 1. The van der Waals surface area contributed by atoms with E-state index in [1.165, 1.54) is 4.90 Å². The van der Waals surface area contributed by atoms with Crippen molar-refractivity contribution < 1.29 is 23.9 Å². The molecular formula is C14H23N3O5. The van der Waals surface area contributed by atoms with E-state index in [2.05, 4.69) is 10.6 Å². The highest BCUT2D eigenvalue weighted by Gasteiger charge is 2.28. The van der Waals surface area contributed by atoms with Gasteiger partial charge in [-0.05, 0) is 12.8 Å². The van der Waals surface area contributed by atoms with Gasteiger partial charge in [0, 0.05) is 32.5 Å². The van der Waals surface area contributed by atoms with Crippen molar-refractivity contribution in [1.82, 2.24) is 15.5 Å². The van der Waals surface area contributed by atoms with Gasteiger partial charge in [-0.25, -0.2) is 4.79 Å². The van der Waals surface area contributed by atoms with Crippen LogP contribution in [0.3, 0.4) is 0 Å². The van der Waals surface area contributed by atoms with Crippen LogP contribution < -0.4 is 10.6 Å². The van der Waals surface area contributed by atoms with E-state index < -0.39 is 0 Å². The molecule has 0 bridgehead atoms. The maximum atomic E-state index is 11.5. The molecule has 0 aliphatic carbocycles. The van der Waals surface area contributed by atoms with Gasteiger partial charge in [-0.2, -0.15) is 0 Å². The minimum absolute atomic E-state index is 0.123. The van der Waals surface area contributed by atoms with Gasteiger partial charge in [0.05, 0.1) is 25.9 Å². The maximum Gasteiger partial charge on any atom is 0.314 e. The Morgan fingerprint density at radius 1 is 1.23 bits per heavy atom. The molecule has 22 heavy (non-hydrogen) atoms. The van der Waals surface area contributed by atoms with E-state index in [1.54, 1.807) is 0 Å².